The van der Waals surface area contributed by atoms with Crippen molar-refractivity contribution in [1.82, 2.24) is 4.98 Å². The lowest BCUT2D eigenvalue weighted by molar-refractivity contribution is -0.0447. The van der Waals surface area contributed by atoms with Gasteiger partial charge in [-0.15, -0.1) is 11.3 Å². The van der Waals surface area contributed by atoms with Gasteiger partial charge < -0.3 is 4.74 Å². The number of nitrogens with zero attached hydrogens (tertiary/aromatic N) is 1. The first-order valence-corrected chi connectivity index (χ1v) is 7.37. The third-order valence-electron chi connectivity index (χ3n) is 3.71. The van der Waals surface area contributed by atoms with Gasteiger partial charge in [-0.1, -0.05) is 40.0 Å². The summed E-state index contributed by atoms with van der Waals surface area (Å²) < 4.78 is 5.84. The van der Waals surface area contributed by atoms with Crippen LogP contribution in [0.4, 0.5) is 0 Å². The molecule has 96 valence electrons. The molecule has 0 unspecified atom stereocenters. The van der Waals surface area contributed by atoms with Crippen LogP contribution < -0.4 is 0 Å². The summed E-state index contributed by atoms with van der Waals surface area (Å²) in [5.74, 6) is 0. The molecule has 0 aromatic carbocycles. The van der Waals surface area contributed by atoms with Crippen LogP contribution in [0.25, 0.3) is 0 Å². The number of hydrogen-bond donors (Lipinski definition) is 0. The number of thiazole rings is 1. The fraction of sp³-hybridized carbons (Fsp3) is 0.786. The van der Waals surface area contributed by atoms with Crippen molar-refractivity contribution >= 4 is 11.3 Å². The Morgan fingerprint density at radius 2 is 1.88 bits per heavy atom. The van der Waals surface area contributed by atoms with Crippen LogP contribution >= 0.6 is 11.3 Å². The zero-order valence-electron chi connectivity index (χ0n) is 11.4. The molecule has 1 aliphatic rings. The summed E-state index contributed by atoms with van der Waals surface area (Å²) in [5, 5.41) is 3.38. The first-order valence-electron chi connectivity index (χ1n) is 6.50. The van der Waals surface area contributed by atoms with Gasteiger partial charge in [0.15, 0.2) is 0 Å². The lowest BCUT2D eigenvalue weighted by Crippen LogP contribution is -2.31. The maximum Gasteiger partial charge on any atom is 0.125 e. The molecule has 1 aromatic heterocycles. The monoisotopic (exact) mass is 253 g/mol. The highest BCUT2D eigenvalue weighted by molar-refractivity contribution is 7.09. The van der Waals surface area contributed by atoms with Gasteiger partial charge in [-0.05, 0) is 12.8 Å². The van der Waals surface area contributed by atoms with Gasteiger partial charge in [0.05, 0.1) is 5.69 Å². The second-order valence-electron chi connectivity index (χ2n) is 6.05. The molecule has 1 aliphatic carbocycles. The fourth-order valence-corrected chi connectivity index (χ4v) is 3.74. The van der Waals surface area contributed by atoms with Crippen LogP contribution in [0, 0.1) is 0 Å². The molecule has 3 heteroatoms. The molecule has 1 fully saturated rings. The molecule has 2 rings (SSSR count). The highest BCUT2D eigenvalue weighted by atomic mass is 32.1. The standard InChI is InChI=1S/C14H23NOS/c1-13(2,3)11-10-17-12(15-11)14(16-4)8-6-5-7-9-14/h10H,5-9H2,1-4H3. The minimum absolute atomic E-state index is 0.0909. The quantitative estimate of drug-likeness (QED) is 0.786. The molecule has 1 aromatic rings. The van der Waals surface area contributed by atoms with Crippen LogP contribution in [0.5, 0.6) is 0 Å². The normalized spacial score (nSPS) is 20.5. The van der Waals surface area contributed by atoms with Gasteiger partial charge in [0.2, 0.25) is 0 Å². The van der Waals surface area contributed by atoms with Crippen molar-refractivity contribution in [3.05, 3.63) is 16.1 Å². The van der Waals surface area contributed by atoms with E-state index < -0.39 is 0 Å². The Morgan fingerprint density at radius 3 is 2.35 bits per heavy atom. The van der Waals surface area contributed by atoms with Crippen molar-refractivity contribution in [1.29, 1.82) is 0 Å². The molecule has 0 spiro atoms. The average molecular weight is 253 g/mol. The summed E-state index contributed by atoms with van der Waals surface area (Å²) in [6.45, 7) is 6.64. The van der Waals surface area contributed by atoms with Gasteiger partial charge in [-0.25, -0.2) is 4.98 Å². The van der Waals surface area contributed by atoms with Gasteiger partial charge in [0, 0.05) is 17.9 Å². The molecule has 2 nitrogen and oxygen atoms in total. The predicted octanol–water partition coefficient (Wildman–Crippen LogP) is 4.25. The molecule has 1 heterocycles. The second-order valence-corrected chi connectivity index (χ2v) is 6.91. The van der Waals surface area contributed by atoms with Crippen LogP contribution in [0.3, 0.4) is 0 Å². The minimum atomic E-state index is -0.0909. The SMILES string of the molecule is COC1(c2nc(C(C)(C)C)cs2)CCCCC1. The predicted molar refractivity (Wildman–Crippen MR) is 72.6 cm³/mol. The van der Waals surface area contributed by atoms with Crippen molar-refractivity contribution in [2.75, 3.05) is 7.11 Å². The Bertz CT molecular complexity index is 372. The Labute approximate surface area is 108 Å². The van der Waals surface area contributed by atoms with E-state index in [0.717, 1.165) is 12.8 Å². The first-order chi connectivity index (χ1) is 7.98. The van der Waals surface area contributed by atoms with Crippen molar-refractivity contribution in [3.63, 3.8) is 0 Å². The van der Waals surface area contributed by atoms with E-state index in [1.54, 1.807) is 11.3 Å². The van der Waals surface area contributed by atoms with Gasteiger partial charge in [-0.2, -0.15) is 0 Å². The molecule has 0 amide bonds. The number of ether oxygens (including phenoxy) is 1. The molecule has 0 N–H and O–H groups in total. The largest absolute Gasteiger partial charge is 0.371 e. The molecule has 0 atom stereocenters. The summed E-state index contributed by atoms with van der Waals surface area (Å²) in [6.07, 6.45) is 6.11. The highest BCUT2D eigenvalue weighted by Crippen LogP contribution is 2.42. The molecule has 0 bridgehead atoms. The highest BCUT2D eigenvalue weighted by Gasteiger charge is 2.37. The summed E-state index contributed by atoms with van der Waals surface area (Å²) in [5.41, 5.74) is 1.24. The van der Waals surface area contributed by atoms with E-state index in [1.165, 1.54) is 30.0 Å². The van der Waals surface area contributed by atoms with Gasteiger partial charge in [-0.3, -0.25) is 0 Å². The summed E-state index contributed by atoms with van der Waals surface area (Å²) in [7, 11) is 1.84. The molecule has 0 radical (unpaired) electrons. The van der Waals surface area contributed by atoms with Crippen LogP contribution in [0.15, 0.2) is 5.38 Å². The average Bonchev–Trinajstić information content (AvgIpc) is 2.79. The Balaban J connectivity index is 2.28. The third-order valence-corrected chi connectivity index (χ3v) is 4.74. The van der Waals surface area contributed by atoms with Crippen molar-refractivity contribution in [2.24, 2.45) is 0 Å². The van der Waals surface area contributed by atoms with Crippen LogP contribution in [-0.2, 0) is 15.8 Å². The number of methoxy groups -OCH3 is 1. The number of rotatable bonds is 2. The summed E-state index contributed by atoms with van der Waals surface area (Å²) in [4.78, 5) is 4.84. The van der Waals surface area contributed by atoms with E-state index in [2.05, 4.69) is 26.2 Å². The van der Waals surface area contributed by atoms with Gasteiger partial charge in [0.1, 0.15) is 10.6 Å². The first kappa shape index (κ1) is 13.0. The van der Waals surface area contributed by atoms with Crippen LogP contribution in [0.1, 0.15) is 63.6 Å². The lowest BCUT2D eigenvalue weighted by atomic mass is 9.85. The van der Waals surface area contributed by atoms with E-state index in [4.69, 9.17) is 9.72 Å². The maximum absolute atomic E-state index is 5.84. The zero-order chi connectivity index (χ0) is 12.5. The summed E-state index contributed by atoms with van der Waals surface area (Å²) >= 11 is 1.77. The molecular weight excluding hydrogens is 230 g/mol. The zero-order valence-corrected chi connectivity index (χ0v) is 12.2. The molecule has 17 heavy (non-hydrogen) atoms. The fourth-order valence-electron chi connectivity index (χ4n) is 2.46. The third kappa shape index (κ3) is 2.55. The minimum Gasteiger partial charge on any atom is -0.371 e. The van der Waals surface area contributed by atoms with Crippen molar-refractivity contribution < 1.29 is 4.74 Å². The Hall–Kier alpha value is -0.410. The van der Waals surface area contributed by atoms with Crippen molar-refractivity contribution in [2.45, 2.75) is 63.9 Å². The van der Waals surface area contributed by atoms with Gasteiger partial charge >= 0.3 is 0 Å². The van der Waals surface area contributed by atoms with Crippen molar-refractivity contribution in [3.8, 4) is 0 Å². The molecule has 0 aliphatic heterocycles. The van der Waals surface area contributed by atoms with E-state index >= 15 is 0 Å². The van der Waals surface area contributed by atoms with E-state index in [1.807, 2.05) is 7.11 Å². The molecule has 0 saturated heterocycles. The molecular formula is C14H23NOS. The lowest BCUT2D eigenvalue weighted by Gasteiger charge is -2.34. The molecule has 1 saturated carbocycles. The number of aromatic nitrogens is 1. The van der Waals surface area contributed by atoms with E-state index in [9.17, 15) is 0 Å². The topological polar surface area (TPSA) is 22.1 Å². The van der Waals surface area contributed by atoms with Gasteiger partial charge in [0.25, 0.3) is 0 Å². The van der Waals surface area contributed by atoms with E-state index in [-0.39, 0.29) is 11.0 Å². The number of hydrogen-bond acceptors (Lipinski definition) is 3. The maximum atomic E-state index is 5.84. The smallest absolute Gasteiger partial charge is 0.125 e. The second kappa shape index (κ2) is 4.69. The van der Waals surface area contributed by atoms with Crippen LogP contribution in [-0.4, -0.2) is 12.1 Å². The Morgan fingerprint density at radius 1 is 1.24 bits per heavy atom. The van der Waals surface area contributed by atoms with Crippen LogP contribution in [0.2, 0.25) is 0 Å². The van der Waals surface area contributed by atoms with E-state index in [0.29, 0.717) is 0 Å². The Kier molecular flexibility index (Phi) is 3.60. The summed E-state index contributed by atoms with van der Waals surface area (Å²) in [6, 6.07) is 0.